The molecule has 1 aromatic rings. The van der Waals surface area contributed by atoms with E-state index < -0.39 is 11.6 Å². The number of hydrogen-bond donors (Lipinski definition) is 1. The van der Waals surface area contributed by atoms with Gasteiger partial charge in [-0.2, -0.15) is 5.10 Å². The second-order valence-electron chi connectivity index (χ2n) is 4.59. The topological polar surface area (TPSA) is 84.3 Å². The molecule has 8 heteroatoms. The molecule has 2 heterocycles. The number of likely N-dealkylation sites (tertiary alicyclic amines) is 1. The third-order valence-corrected chi connectivity index (χ3v) is 3.50. The van der Waals surface area contributed by atoms with Crippen molar-refractivity contribution in [2.45, 2.75) is 32.4 Å². The highest BCUT2D eigenvalue weighted by Gasteiger charge is 2.36. The van der Waals surface area contributed by atoms with Gasteiger partial charge in [0.15, 0.2) is 0 Å². The summed E-state index contributed by atoms with van der Waals surface area (Å²) in [4.78, 5) is 36.2. The second kappa shape index (κ2) is 5.62. The molecule has 0 bridgehead atoms. The molecule has 20 heavy (non-hydrogen) atoms. The summed E-state index contributed by atoms with van der Waals surface area (Å²) >= 11 is 5.99. The number of rotatable bonds is 4. The number of hydrogen-bond acceptors (Lipinski definition) is 5. The molecular formula is C12H15ClN4O3. The lowest BCUT2D eigenvalue weighted by Gasteiger charge is -2.13. The van der Waals surface area contributed by atoms with Gasteiger partial charge in [0, 0.05) is 13.6 Å². The summed E-state index contributed by atoms with van der Waals surface area (Å²) in [6, 6.07) is -0.701. The van der Waals surface area contributed by atoms with E-state index in [1.165, 1.54) is 17.9 Å². The zero-order chi connectivity index (χ0) is 14.9. The molecule has 1 saturated heterocycles. The lowest BCUT2D eigenvalue weighted by atomic mass is 10.2. The summed E-state index contributed by atoms with van der Waals surface area (Å²) in [6.45, 7) is 2.40. The molecular weight excluding hydrogens is 284 g/mol. The predicted molar refractivity (Wildman–Crippen MR) is 73.6 cm³/mol. The number of aromatic nitrogens is 2. The van der Waals surface area contributed by atoms with Crippen LogP contribution in [-0.2, 0) is 16.1 Å². The number of amides is 2. The first kappa shape index (κ1) is 14.5. The number of nitrogens with one attached hydrogen (secondary N) is 1. The summed E-state index contributed by atoms with van der Waals surface area (Å²) in [5.74, 6) is -0.611. The molecule has 7 nitrogen and oxygen atoms in total. The van der Waals surface area contributed by atoms with E-state index >= 15 is 0 Å². The fourth-order valence-corrected chi connectivity index (χ4v) is 2.19. The van der Waals surface area contributed by atoms with E-state index in [1.54, 1.807) is 0 Å². The van der Waals surface area contributed by atoms with E-state index in [2.05, 4.69) is 10.4 Å². The SMILES string of the molecule is CCCn1ncc(NC2CC(=O)N(C)C2=O)c(Cl)c1=O. The van der Waals surface area contributed by atoms with Crippen LogP contribution in [0.2, 0.25) is 5.02 Å². The molecule has 108 valence electrons. The van der Waals surface area contributed by atoms with Crippen molar-refractivity contribution in [2.75, 3.05) is 12.4 Å². The van der Waals surface area contributed by atoms with Crippen LogP contribution in [0.5, 0.6) is 0 Å². The fraction of sp³-hybridized carbons (Fsp3) is 0.500. The van der Waals surface area contributed by atoms with Crippen LogP contribution in [0.4, 0.5) is 5.69 Å². The van der Waals surface area contributed by atoms with E-state index in [0.29, 0.717) is 6.54 Å². The highest BCUT2D eigenvalue weighted by Crippen LogP contribution is 2.21. The Morgan fingerprint density at radius 2 is 2.15 bits per heavy atom. The Labute approximate surface area is 120 Å². The van der Waals surface area contributed by atoms with Crippen LogP contribution in [0, 0.1) is 0 Å². The number of halogens is 1. The van der Waals surface area contributed by atoms with Gasteiger partial charge in [-0.3, -0.25) is 19.3 Å². The Kier molecular flexibility index (Phi) is 4.08. The zero-order valence-corrected chi connectivity index (χ0v) is 12.0. The van der Waals surface area contributed by atoms with Crippen molar-refractivity contribution in [3.8, 4) is 0 Å². The third kappa shape index (κ3) is 2.53. The average Bonchev–Trinajstić information content (AvgIpc) is 2.66. The number of carbonyl (C=O) groups excluding carboxylic acids is 2. The maximum Gasteiger partial charge on any atom is 0.287 e. The van der Waals surface area contributed by atoms with Gasteiger partial charge in [-0.1, -0.05) is 18.5 Å². The largest absolute Gasteiger partial charge is 0.371 e. The van der Waals surface area contributed by atoms with Gasteiger partial charge in [0.2, 0.25) is 5.91 Å². The van der Waals surface area contributed by atoms with E-state index in [-0.39, 0.29) is 28.9 Å². The molecule has 1 N–H and O–H groups in total. The Balaban J connectivity index is 2.23. The smallest absolute Gasteiger partial charge is 0.287 e. The van der Waals surface area contributed by atoms with Gasteiger partial charge in [-0.15, -0.1) is 0 Å². The van der Waals surface area contributed by atoms with Crippen molar-refractivity contribution in [3.63, 3.8) is 0 Å². The highest BCUT2D eigenvalue weighted by molar-refractivity contribution is 6.33. The number of aryl methyl sites for hydroxylation is 1. The first-order chi connectivity index (χ1) is 9.45. The highest BCUT2D eigenvalue weighted by atomic mass is 35.5. The average molecular weight is 299 g/mol. The van der Waals surface area contributed by atoms with E-state index in [1.807, 2.05) is 6.92 Å². The van der Waals surface area contributed by atoms with Crippen LogP contribution < -0.4 is 10.9 Å². The van der Waals surface area contributed by atoms with Gasteiger partial charge in [0.05, 0.1) is 18.3 Å². The minimum Gasteiger partial charge on any atom is -0.371 e. The molecule has 1 atom stereocenters. The number of carbonyl (C=O) groups is 2. The number of likely N-dealkylation sites (N-methyl/N-ethyl adjacent to an activating group) is 1. The number of imide groups is 1. The van der Waals surface area contributed by atoms with Crippen molar-refractivity contribution in [1.29, 1.82) is 0 Å². The van der Waals surface area contributed by atoms with Gasteiger partial charge < -0.3 is 5.32 Å². The molecule has 1 aromatic heterocycles. The van der Waals surface area contributed by atoms with Gasteiger partial charge in [-0.05, 0) is 6.42 Å². The number of nitrogens with zero attached hydrogens (tertiary/aromatic N) is 3. The fourth-order valence-electron chi connectivity index (χ4n) is 1.99. The van der Waals surface area contributed by atoms with Crippen LogP contribution in [0.25, 0.3) is 0 Å². The first-order valence-corrected chi connectivity index (χ1v) is 6.66. The summed E-state index contributed by atoms with van der Waals surface area (Å²) < 4.78 is 1.27. The van der Waals surface area contributed by atoms with Crippen LogP contribution in [-0.4, -0.2) is 39.6 Å². The second-order valence-corrected chi connectivity index (χ2v) is 4.97. The molecule has 0 aliphatic carbocycles. The third-order valence-electron chi connectivity index (χ3n) is 3.13. The molecule has 0 aromatic carbocycles. The van der Waals surface area contributed by atoms with Crippen molar-refractivity contribution >= 4 is 29.1 Å². The molecule has 1 fully saturated rings. The van der Waals surface area contributed by atoms with Crippen molar-refractivity contribution in [3.05, 3.63) is 21.6 Å². The summed E-state index contributed by atoms with van der Waals surface area (Å²) in [7, 11) is 1.42. The molecule has 1 unspecified atom stereocenters. The molecule has 0 spiro atoms. The van der Waals surface area contributed by atoms with E-state index in [4.69, 9.17) is 11.6 Å². The number of anilines is 1. The van der Waals surface area contributed by atoms with Crippen molar-refractivity contribution in [2.24, 2.45) is 0 Å². The van der Waals surface area contributed by atoms with Gasteiger partial charge >= 0.3 is 0 Å². The summed E-state index contributed by atoms with van der Waals surface area (Å²) in [5, 5.41) is 6.77. The summed E-state index contributed by atoms with van der Waals surface area (Å²) in [5.41, 5.74) is -0.144. The van der Waals surface area contributed by atoms with Gasteiger partial charge in [0.1, 0.15) is 11.1 Å². The zero-order valence-electron chi connectivity index (χ0n) is 11.2. The maximum absolute atomic E-state index is 11.9. The molecule has 2 rings (SSSR count). The minimum atomic E-state index is -0.701. The standard InChI is InChI=1S/C12H15ClN4O3/c1-3-4-17-12(20)10(13)8(6-14-17)15-7-5-9(18)16(2)11(7)19/h6-7,15H,3-5H2,1-2H3. The Morgan fingerprint density at radius 3 is 2.70 bits per heavy atom. The lowest BCUT2D eigenvalue weighted by Crippen LogP contribution is -2.33. The van der Waals surface area contributed by atoms with Crippen LogP contribution in [0.3, 0.4) is 0 Å². The van der Waals surface area contributed by atoms with Gasteiger partial charge in [0.25, 0.3) is 11.5 Å². The van der Waals surface area contributed by atoms with Crippen molar-refractivity contribution in [1.82, 2.24) is 14.7 Å². The molecule has 0 radical (unpaired) electrons. The Morgan fingerprint density at radius 1 is 1.45 bits per heavy atom. The molecule has 2 amide bonds. The van der Waals surface area contributed by atoms with Gasteiger partial charge in [-0.25, -0.2) is 4.68 Å². The maximum atomic E-state index is 11.9. The Bertz CT molecular complexity index is 613. The van der Waals surface area contributed by atoms with Crippen LogP contribution in [0.1, 0.15) is 19.8 Å². The van der Waals surface area contributed by atoms with Crippen molar-refractivity contribution < 1.29 is 9.59 Å². The predicted octanol–water partition coefficient (Wildman–Crippen LogP) is 0.476. The van der Waals surface area contributed by atoms with Crippen LogP contribution >= 0.6 is 11.6 Å². The van der Waals surface area contributed by atoms with Crippen LogP contribution in [0.15, 0.2) is 11.0 Å². The Hall–Kier alpha value is -1.89. The molecule has 1 aliphatic heterocycles. The monoisotopic (exact) mass is 298 g/mol. The molecule has 0 saturated carbocycles. The quantitative estimate of drug-likeness (QED) is 0.817. The summed E-state index contributed by atoms with van der Waals surface area (Å²) in [6.07, 6.45) is 2.20. The lowest BCUT2D eigenvalue weighted by molar-refractivity contribution is -0.136. The van der Waals surface area contributed by atoms with E-state index in [0.717, 1.165) is 11.3 Å². The molecule has 1 aliphatic rings. The van der Waals surface area contributed by atoms with E-state index in [9.17, 15) is 14.4 Å². The normalized spacial score (nSPS) is 18.8. The minimum absolute atomic E-state index is 0.0248. The first-order valence-electron chi connectivity index (χ1n) is 6.28.